The van der Waals surface area contributed by atoms with Gasteiger partial charge >= 0.3 is 6.18 Å². The quantitative estimate of drug-likeness (QED) is 0.0555. The van der Waals surface area contributed by atoms with Crippen molar-refractivity contribution in [1.82, 2.24) is 25.0 Å². The number of rotatable bonds is 14. The second-order valence-electron chi connectivity index (χ2n) is 15.6. The number of carbonyl (C=O) groups is 1. The summed E-state index contributed by atoms with van der Waals surface area (Å²) in [7, 11) is 1.77. The van der Waals surface area contributed by atoms with Crippen molar-refractivity contribution in [2.24, 2.45) is 7.05 Å². The number of aromatic nitrogens is 5. The van der Waals surface area contributed by atoms with Gasteiger partial charge in [-0.1, -0.05) is 12.1 Å². The molecule has 0 aliphatic carbocycles. The molecule has 2 atom stereocenters. The lowest BCUT2D eigenvalue weighted by molar-refractivity contribution is -0.137. The van der Waals surface area contributed by atoms with Crippen molar-refractivity contribution in [1.29, 1.82) is 5.26 Å². The zero-order valence-corrected chi connectivity index (χ0v) is 35.3. The Kier molecular flexibility index (Phi) is 11.8. The lowest BCUT2D eigenvalue weighted by Crippen LogP contribution is -2.44. The fraction of sp³-hybridized carbons (Fsp3) is 0.295. The number of nitrogens with one attached hydrogen (secondary N) is 3. The SMILES string of the molecule is Cn1ncnc1[C@H]1c2n[nH]c(=O)c3cc(F)cc(c23)N[C@@H]1c1ccc(NCCCOCCCOc2ccc(N3C(=S)N(c4ccc(C#N)c(C(F)(F)F)c4)C(=O)C3(C)C)cc2F)cc1. The zero-order valence-electron chi connectivity index (χ0n) is 34.5. The van der Waals surface area contributed by atoms with E-state index in [0.29, 0.717) is 61.3 Å². The Bertz CT molecular complexity index is 2880. The Labute approximate surface area is 367 Å². The Hall–Kier alpha value is -6.98. The normalized spacial score (nSPS) is 16.9. The van der Waals surface area contributed by atoms with Crippen LogP contribution in [0.25, 0.3) is 10.8 Å². The molecule has 0 saturated carbocycles. The van der Waals surface area contributed by atoms with Crippen molar-refractivity contribution in [2.45, 2.75) is 50.4 Å². The van der Waals surface area contributed by atoms with Crippen LogP contribution in [-0.4, -0.2) is 67.9 Å². The Morgan fingerprint density at radius 1 is 0.969 bits per heavy atom. The molecular formula is C44H39F5N10O4S. The lowest BCUT2D eigenvalue weighted by atomic mass is 9.83. The third kappa shape index (κ3) is 8.19. The molecule has 0 unspecified atom stereocenters. The summed E-state index contributed by atoms with van der Waals surface area (Å²) >= 11 is 5.55. The van der Waals surface area contributed by atoms with Crippen molar-refractivity contribution in [3.8, 4) is 11.8 Å². The number of benzene rings is 4. The summed E-state index contributed by atoms with van der Waals surface area (Å²) in [5, 5.41) is 27.7. The van der Waals surface area contributed by atoms with E-state index in [1.807, 2.05) is 24.3 Å². The molecule has 1 saturated heterocycles. The molecule has 0 bridgehead atoms. The minimum absolute atomic E-state index is 0.0421. The summed E-state index contributed by atoms with van der Waals surface area (Å²) in [6, 6.07) is 18.4. The molecule has 64 heavy (non-hydrogen) atoms. The van der Waals surface area contributed by atoms with Gasteiger partial charge in [-0.3, -0.25) is 19.2 Å². The van der Waals surface area contributed by atoms with Crippen LogP contribution in [0.4, 0.5) is 44.7 Å². The third-order valence-corrected chi connectivity index (χ3v) is 11.5. The number of carbonyl (C=O) groups excluding carboxylic acids is 1. The van der Waals surface area contributed by atoms with Gasteiger partial charge in [0.2, 0.25) is 0 Å². The number of amides is 1. The molecule has 4 heterocycles. The molecule has 330 valence electrons. The van der Waals surface area contributed by atoms with E-state index in [9.17, 15) is 32.4 Å². The summed E-state index contributed by atoms with van der Waals surface area (Å²) in [4.78, 5) is 32.9. The minimum atomic E-state index is -4.85. The first kappa shape index (κ1) is 43.7. The van der Waals surface area contributed by atoms with E-state index in [-0.39, 0.29) is 34.2 Å². The number of anilines is 4. The van der Waals surface area contributed by atoms with Gasteiger partial charge in [0, 0.05) is 61.7 Å². The van der Waals surface area contributed by atoms with Crippen LogP contribution < -0.4 is 30.7 Å². The highest BCUT2D eigenvalue weighted by molar-refractivity contribution is 7.81. The minimum Gasteiger partial charge on any atom is -0.490 e. The predicted molar refractivity (Wildman–Crippen MR) is 231 cm³/mol. The molecule has 6 aromatic rings. The smallest absolute Gasteiger partial charge is 0.417 e. The molecule has 0 spiro atoms. The zero-order chi connectivity index (χ0) is 45.5. The largest absolute Gasteiger partial charge is 0.490 e. The highest BCUT2D eigenvalue weighted by Crippen LogP contribution is 2.46. The van der Waals surface area contributed by atoms with Gasteiger partial charge in [0.05, 0.1) is 52.5 Å². The number of ether oxygens (including phenoxy) is 2. The van der Waals surface area contributed by atoms with Gasteiger partial charge in [0.15, 0.2) is 16.7 Å². The van der Waals surface area contributed by atoms with Crippen LogP contribution >= 0.6 is 12.2 Å². The van der Waals surface area contributed by atoms with Crippen molar-refractivity contribution in [3.05, 3.63) is 129 Å². The Balaban J connectivity index is 0.805. The number of hydrogen-bond acceptors (Lipinski definition) is 11. The molecule has 4 aromatic carbocycles. The van der Waals surface area contributed by atoms with E-state index in [2.05, 4.69) is 30.9 Å². The Morgan fingerprint density at radius 3 is 2.42 bits per heavy atom. The summed E-state index contributed by atoms with van der Waals surface area (Å²) in [6.45, 7) is 4.63. The molecule has 2 aliphatic heterocycles. The van der Waals surface area contributed by atoms with Crippen molar-refractivity contribution in [2.75, 3.05) is 46.8 Å². The first-order valence-corrected chi connectivity index (χ1v) is 20.5. The number of halogens is 5. The van der Waals surface area contributed by atoms with E-state index >= 15 is 4.39 Å². The number of hydrogen-bond donors (Lipinski definition) is 3. The lowest BCUT2D eigenvalue weighted by Gasteiger charge is -2.33. The third-order valence-electron chi connectivity index (χ3n) is 11.1. The van der Waals surface area contributed by atoms with Crippen LogP contribution in [0.2, 0.25) is 0 Å². The average molecular weight is 899 g/mol. The molecule has 8 rings (SSSR count). The van der Waals surface area contributed by atoms with E-state index in [1.165, 1.54) is 61.5 Å². The first-order chi connectivity index (χ1) is 30.6. The fourth-order valence-electron chi connectivity index (χ4n) is 8.04. The second-order valence-corrected chi connectivity index (χ2v) is 16.0. The monoisotopic (exact) mass is 898 g/mol. The number of aryl methyl sites for hydroxylation is 1. The summed E-state index contributed by atoms with van der Waals surface area (Å²) in [5.74, 6) is -1.78. The maximum Gasteiger partial charge on any atom is 0.417 e. The van der Waals surface area contributed by atoms with Crippen molar-refractivity contribution in [3.63, 3.8) is 0 Å². The van der Waals surface area contributed by atoms with Crippen LogP contribution in [0, 0.1) is 23.0 Å². The summed E-state index contributed by atoms with van der Waals surface area (Å²) in [6.07, 6.45) is -2.24. The Morgan fingerprint density at radius 2 is 1.72 bits per heavy atom. The predicted octanol–water partition coefficient (Wildman–Crippen LogP) is 7.72. The highest BCUT2D eigenvalue weighted by Gasteiger charge is 2.51. The molecule has 1 amide bonds. The molecule has 14 nitrogen and oxygen atoms in total. The van der Waals surface area contributed by atoms with Gasteiger partial charge in [-0.15, -0.1) is 0 Å². The van der Waals surface area contributed by atoms with E-state index in [0.717, 1.165) is 28.3 Å². The number of aromatic amines is 1. The second kappa shape index (κ2) is 17.3. The molecule has 2 aromatic heterocycles. The van der Waals surface area contributed by atoms with Gasteiger partial charge in [-0.2, -0.15) is 28.6 Å². The highest BCUT2D eigenvalue weighted by atomic mass is 32.1. The average Bonchev–Trinajstić information content (AvgIpc) is 3.76. The molecule has 3 N–H and O–H groups in total. The number of H-pyrrole nitrogens is 1. The standard InChI is InChI=1S/C44H39F5N10O4S/c1-43(2)41(61)58(28-11-8-25(22-50)31(20-28)44(47,48)49)42(64)59(43)29-12-13-34(32(46)21-29)63-17-5-16-62-15-4-14-51-27-9-6-24(7-10-27)37-36(39-52-23-53-57(39)3)38-35-30(40(60)56-55-38)18-26(45)19-33(35)54-37/h6-13,18-21,23,36-37,51,54H,4-5,14-17H2,1-3H3,(H,56,60)/t36-,37-/m1/s1. The molecule has 1 fully saturated rings. The van der Waals surface area contributed by atoms with Gasteiger partial charge in [0.25, 0.3) is 11.5 Å². The van der Waals surface area contributed by atoms with Crippen LogP contribution in [0.3, 0.4) is 0 Å². The van der Waals surface area contributed by atoms with E-state index in [1.54, 1.807) is 11.7 Å². The van der Waals surface area contributed by atoms with Crippen LogP contribution in [0.1, 0.15) is 66.9 Å². The summed E-state index contributed by atoms with van der Waals surface area (Å²) < 4.78 is 84.1. The van der Waals surface area contributed by atoms with Gasteiger partial charge < -0.3 is 25.0 Å². The number of thiocarbonyl (C=S) groups is 1. The van der Waals surface area contributed by atoms with Crippen molar-refractivity contribution >= 4 is 56.8 Å². The fourth-order valence-corrected chi connectivity index (χ4v) is 8.56. The van der Waals surface area contributed by atoms with Gasteiger partial charge in [0.1, 0.15) is 23.5 Å². The summed E-state index contributed by atoms with van der Waals surface area (Å²) in [5.41, 5.74) is -0.882. The molecule has 0 radical (unpaired) electrons. The number of nitriles is 1. The van der Waals surface area contributed by atoms with Gasteiger partial charge in [-0.05, 0) is 92.6 Å². The number of alkyl halides is 3. The van der Waals surface area contributed by atoms with Crippen LogP contribution in [0.5, 0.6) is 5.75 Å². The van der Waals surface area contributed by atoms with E-state index in [4.69, 9.17) is 21.7 Å². The first-order valence-electron chi connectivity index (χ1n) is 20.0. The van der Waals surface area contributed by atoms with E-state index < -0.39 is 57.9 Å². The van der Waals surface area contributed by atoms with Crippen LogP contribution in [-0.2, 0) is 22.8 Å². The molecule has 20 heteroatoms. The van der Waals surface area contributed by atoms with Gasteiger partial charge in [-0.25, -0.2) is 18.9 Å². The maximum atomic E-state index is 15.3. The number of nitrogens with zero attached hydrogens (tertiary/aromatic N) is 7. The maximum absolute atomic E-state index is 15.3. The van der Waals surface area contributed by atoms with Crippen molar-refractivity contribution < 1.29 is 36.2 Å². The topological polar surface area (TPSA) is 166 Å². The van der Waals surface area contributed by atoms with Crippen LogP contribution in [0.15, 0.2) is 83.9 Å². The molecular weight excluding hydrogens is 860 g/mol. The molecule has 2 aliphatic rings.